The lowest BCUT2D eigenvalue weighted by Crippen LogP contribution is -2.62. The number of rotatable bonds is 6. The third-order valence-corrected chi connectivity index (χ3v) is 7.12. The minimum absolute atomic E-state index is 0.180. The molecule has 3 aliphatic heterocycles. The second kappa shape index (κ2) is 9.72. The number of fused-ring (bicyclic) bond motifs is 1. The van der Waals surface area contributed by atoms with E-state index in [0.29, 0.717) is 30.9 Å². The van der Waals surface area contributed by atoms with E-state index in [9.17, 15) is 14.4 Å². The molecule has 0 radical (unpaired) electrons. The van der Waals surface area contributed by atoms with E-state index in [-0.39, 0.29) is 29.0 Å². The molecule has 3 heterocycles. The average Bonchev–Trinajstić information content (AvgIpc) is 3.13. The van der Waals surface area contributed by atoms with Crippen molar-refractivity contribution in [1.82, 2.24) is 15.1 Å². The highest BCUT2D eigenvalue weighted by atomic mass is 16.5. The summed E-state index contributed by atoms with van der Waals surface area (Å²) in [5.41, 5.74) is 3.61. The van der Waals surface area contributed by atoms with Gasteiger partial charge in [0.2, 0.25) is 11.8 Å². The number of nitrogens with zero attached hydrogens (tertiary/aromatic N) is 2. The normalized spacial score (nSPS) is 23.0. The summed E-state index contributed by atoms with van der Waals surface area (Å²) in [5.74, 6) is -0.265. The maximum absolute atomic E-state index is 13.0. The van der Waals surface area contributed by atoms with Gasteiger partial charge in [0.1, 0.15) is 49.8 Å². The maximum Gasteiger partial charge on any atom is 0.255 e. The Labute approximate surface area is 221 Å². The maximum atomic E-state index is 13.0. The van der Waals surface area contributed by atoms with E-state index in [0.717, 1.165) is 30.8 Å². The van der Waals surface area contributed by atoms with Crippen LogP contribution >= 0.6 is 0 Å². The Morgan fingerprint density at radius 1 is 0.973 bits per heavy atom. The van der Waals surface area contributed by atoms with Gasteiger partial charge in [0.05, 0.1) is 6.54 Å². The van der Waals surface area contributed by atoms with Crippen LogP contribution in [0.25, 0.3) is 0 Å². The zero-order valence-electron chi connectivity index (χ0n) is 22.0. The molecule has 0 saturated carbocycles. The van der Waals surface area contributed by atoms with Crippen molar-refractivity contribution in [2.24, 2.45) is 0 Å². The topological polar surface area (TPSA) is 88.2 Å². The molecule has 8 nitrogen and oxygen atoms in total. The molecule has 0 bridgehead atoms. The van der Waals surface area contributed by atoms with E-state index in [1.54, 1.807) is 17.0 Å². The van der Waals surface area contributed by atoms with Crippen molar-refractivity contribution in [3.8, 4) is 5.75 Å². The van der Waals surface area contributed by atoms with E-state index in [2.05, 4.69) is 65.9 Å². The third kappa shape index (κ3) is 5.65. The smallest absolute Gasteiger partial charge is 0.255 e. The molecule has 12 heteroatoms. The number of hydrogen-bond donors (Lipinski definition) is 1. The van der Waals surface area contributed by atoms with Crippen LogP contribution in [0.1, 0.15) is 39.9 Å². The first-order chi connectivity index (χ1) is 17.5. The fourth-order valence-corrected chi connectivity index (χ4v) is 5.91. The predicted molar refractivity (Wildman–Crippen MR) is 149 cm³/mol. The first kappa shape index (κ1) is 25.7. The van der Waals surface area contributed by atoms with Crippen molar-refractivity contribution >= 4 is 49.1 Å². The first-order valence-electron chi connectivity index (χ1n) is 12.9. The van der Waals surface area contributed by atoms with Crippen molar-refractivity contribution in [1.29, 1.82) is 0 Å². The molecule has 0 spiro atoms. The molecule has 3 amide bonds. The van der Waals surface area contributed by atoms with Gasteiger partial charge in [-0.25, -0.2) is 0 Å². The van der Waals surface area contributed by atoms with Gasteiger partial charge in [-0.1, -0.05) is 30.3 Å². The molecule has 2 saturated heterocycles. The Kier molecular flexibility index (Phi) is 6.75. The van der Waals surface area contributed by atoms with E-state index < -0.39 is 11.9 Å². The Hall–Kier alpha value is -2.97. The number of morpholine rings is 1. The largest absolute Gasteiger partial charge is 0.489 e. The summed E-state index contributed by atoms with van der Waals surface area (Å²) >= 11 is 0. The molecule has 2 fully saturated rings. The molecule has 37 heavy (non-hydrogen) atoms. The standard InChI is InChI=1S/C25H31B4N3O5/c26-24(27)13-31(14-25(28,29)37-24)10-15-4-6-16(7-5-15)12-36-20-3-1-2-17-18(20)11-32(23(17)35)19-8-9-21(33)30-22(19)34/h1-7,19H,8-14,26-29H2,(H,30,33,34). The summed E-state index contributed by atoms with van der Waals surface area (Å²) in [4.78, 5) is 40.9. The van der Waals surface area contributed by atoms with E-state index >= 15 is 0 Å². The van der Waals surface area contributed by atoms with Crippen LogP contribution in [0.2, 0.25) is 0 Å². The fourth-order valence-electron chi connectivity index (χ4n) is 5.91. The van der Waals surface area contributed by atoms with Gasteiger partial charge in [0.25, 0.3) is 5.91 Å². The first-order valence-corrected chi connectivity index (χ1v) is 12.9. The second-order valence-electron chi connectivity index (χ2n) is 11.6. The van der Waals surface area contributed by atoms with Crippen LogP contribution in [-0.4, -0.2) is 88.8 Å². The molecule has 1 unspecified atom stereocenters. The number of benzene rings is 2. The molecule has 5 rings (SSSR count). The number of amides is 3. The summed E-state index contributed by atoms with van der Waals surface area (Å²) in [6.45, 7) is 3.30. The summed E-state index contributed by atoms with van der Waals surface area (Å²) in [7, 11) is 8.55. The summed E-state index contributed by atoms with van der Waals surface area (Å²) in [5, 5.41) is 1.98. The van der Waals surface area contributed by atoms with Gasteiger partial charge in [-0.15, -0.1) is 0 Å². The molecular formula is C25H31B4N3O5. The van der Waals surface area contributed by atoms with E-state index in [4.69, 9.17) is 9.47 Å². The Morgan fingerprint density at radius 2 is 1.65 bits per heavy atom. The van der Waals surface area contributed by atoms with E-state index in [1.807, 2.05) is 6.07 Å². The van der Waals surface area contributed by atoms with Crippen LogP contribution in [-0.2, 0) is 34.0 Å². The van der Waals surface area contributed by atoms with Crippen molar-refractivity contribution in [3.05, 3.63) is 64.7 Å². The lowest BCUT2D eigenvalue weighted by Gasteiger charge is -2.48. The van der Waals surface area contributed by atoms with Gasteiger partial charge in [0.15, 0.2) is 0 Å². The lowest BCUT2D eigenvalue weighted by molar-refractivity contribution is -0.136. The number of hydrogen-bond acceptors (Lipinski definition) is 6. The Bertz CT molecular complexity index is 1220. The Morgan fingerprint density at radius 3 is 2.32 bits per heavy atom. The minimum atomic E-state index is -0.638. The van der Waals surface area contributed by atoms with Crippen LogP contribution in [0.5, 0.6) is 5.75 Å². The van der Waals surface area contributed by atoms with Crippen LogP contribution < -0.4 is 10.1 Å². The molecule has 2 aromatic carbocycles. The molecule has 0 aliphatic carbocycles. The number of piperidine rings is 1. The van der Waals surface area contributed by atoms with Crippen LogP contribution in [0.4, 0.5) is 0 Å². The zero-order valence-corrected chi connectivity index (χ0v) is 22.0. The monoisotopic (exact) mass is 497 g/mol. The number of carbonyl (C=O) groups is 3. The summed E-state index contributed by atoms with van der Waals surface area (Å²) in [6, 6.07) is 13.2. The fraction of sp³-hybridized carbons (Fsp3) is 0.400. The highest BCUT2D eigenvalue weighted by Crippen LogP contribution is 2.34. The number of ether oxygens (including phenoxy) is 2. The average molecular weight is 497 g/mol. The van der Waals surface area contributed by atoms with E-state index in [1.165, 1.54) is 5.56 Å². The van der Waals surface area contributed by atoms with Crippen molar-refractivity contribution in [3.63, 3.8) is 0 Å². The number of nitrogens with one attached hydrogen (secondary N) is 1. The number of imide groups is 1. The molecule has 188 valence electrons. The predicted octanol–water partition coefficient (Wildman–Crippen LogP) is -2.30. The van der Waals surface area contributed by atoms with Gasteiger partial charge in [-0.05, 0) is 29.7 Å². The van der Waals surface area contributed by atoms with Crippen molar-refractivity contribution < 1.29 is 23.9 Å². The second-order valence-corrected chi connectivity index (χ2v) is 11.6. The van der Waals surface area contributed by atoms with Crippen molar-refractivity contribution in [2.45, 2.75) is 49.4 Å². The highest BCUT2D eigenvalue weighted by Gasteiger charge is 2.40. The molecule has 1 atom stereocenters. The molecule has 2 aromatic rings. The third-order valence-electron chi connectivity index (χ3n) is 7.12. The lowest BCUT2D eigenvalue weighted by atomic mass is 9.57. The molecule has 0 aromatic heterocycles. The zero-order chi connectivity index (χ0) is 26.4. The van der Waals surface area contributed by atoms with Gasteiger partial charge in [-0.2, -0.15) is 0 Å². The molecular weight excluding hydrogens is 466 g/mol. The minimum Gasteiger partial charge on any atom is -0.489 e. The molecule has 1 N–H and O–H groups in total. The molecule has 3 aliphatic rings. The van der Waals surface area contributed by atoms with Gasteiger partial charge >= 0.3 is 0 Å². The SMILES string of the molecule is BC1(B)CN(Cc2ccc(COc3cccc4c3CN(C3CCC(=O)NC3=O)C4=O)cc2)CC(B)(B)O1. The quantitative estimate of drug-likeness (QED) is 0.358. The van der Waals surface area contributed by atoms with Crippen molar-refractivity contribution in [2.75, 3.05) is 13.1 Å². The van der Waals surface area contributed by atoms with Gasteiger partial charge in [-0.3, -0.25) is 24.6 Å². The van der Waals surface area contributed by atoms with Crippen LogP contribution in [0.3, 0.4) is 0 Å². The highest BCUT2D eigenvalue weighted by molar-refractivity contribution is 6.43. The Balaban J connectivity index is 1.22. The van der Waals surface area contributed by atoms with Crippen LogP contribution in [0.15, 0.2) is 42.5 Å². The summed E-state index contributed by atoms with van der Waals surface area (Å²) in [6.07, 6.45) is 0.573. The van der Waals surface area contributed by atoms with Crippen LogP contribution in [0, 0.1) is 0 Å². The van der Waals surface area contributed by atoms with Gasteiger partial charge in [0, 0.05) is 48.0 Å². The number of carbonyl (C=O) groups excluding carboxylic acids is 3. The summed E-state index contributed by atoms with van der Waals surface area (Å²) < 4.78 is 12.3. The van der Waals surface area contributed by atoms with Gasteiger partial charge < -0.3 is 14.4 Å².